The number of carbonyl (C=O) groups is 2. The number of hydrazine groups is 1. The van der Waals surface area contributed by atoms with Crippen LogP contribution in [0.2, 0.25) is 0 Å². The molecule has 0 aliphatic carbocycles. The molecule has 1 amide bonds. The van der Waals surface area contributed by atoms with Crippen LogP contribution in [0.1, 0.15) is 22.8 Å². The molecule has 0 bridgehead atoms. The predicted molar refractivity (Wildman–Crippen MR) is 88.5 cm³/mol. The van der Waals surface area contributed by atoms with Crippen molar-refractivity contribution in [2.45, 2.75) is 13.5 Å². The van der Waals surface area contributed by atoms with Crippen molar-refractivity contribution in [1.29, 1.82) is 0 Å². The fourth-order valence-electron chi connectivity index (χ4n) is 2.60. The van der Waals surface area contributed by atoms with Crippen molar-refractivity contribution in [3.8, 4) is 0 Å². The zero-order valence-corrected chi connectivity index (χ0v) is 13.7. The van der Waals surface area contributed by atoms with Gasteiger partial charge in [-0.05, 0) is 23.8 Å². The van der Waals surface area contributed by atoms with Gasteiger partial charge in [0.25, 0.3) is 0 Å². The van der Waals surface area contributed by atoms with Crippen LogP contribution in [0.15, 0.2) is 53.0 Å². The Labute approximate surface area is 137 Å². The van der Waals surface area contributed by atoms with E-state index in [1.807, 2.05) is 53.5 Å². The van der Waals surface area contributed by atoms with E-state index in [9.17, 15) is 9.59 Å². The van der Waals surface area contributed by atoms with Gasteiger partial charge in [-0.3, -0.25) is 14.6 Å². The molecule has 3 rings (SSSR count). The second kappa shape index (κ2) is 5.93. The summed E-state index contributed by atoms with van der Waals surface area (Å²) in [7, 11) is 0. The zero-order chi connectivity index (χ0) is 15.7. The number of fused-ring (bicyclic) bond motifs is 1. The van der Waals surface area contributed by atoms with Crippen molar-refractivity contribution >= 4 is 33.3 Å². The highest BCUT2D eigenvalue weighted by atomic mass is 79.9. The average molecular weight is 359 g/mol. The molecule has 0 fully saturated rings. The third-order valence-corrected chi connectivity index (χ3v) is 4.15. The molecule has 0 saturated carbocycles. The molecule has 22 heavy (non-hydrogen) atoms. The summed E-state index contributed by atoms with van der Waals surface area (Å²) >= 11 is 3.40. The smallest absolute Gasteiger partial charge is 0.238 e. The minimum absolute atomic E-state index is 0.0455. The number of rotatable bonds is 2. The van der Waals surface area contributed by atoms with Gasteiger partial charge in [0.2, 0.25) is 5.91 Å². The van der Waals surface area contributed by atoms with E-state index in [-0.39, 0.29) is 18.2 Å². The van der Waals surface area contributed by atoms with E-state index in [4.69, 9.17) is 0 Å². The number of hydrogen-bond donors (Lipinski definition) is 0. The molecular weight excluding hydrogens is 344 g/mol. The minimum Gasteiger partial charge on any atom is -0.292 e. The van der Waals surface area contributed by atoms with Gasteiger partial charge in [0.05, 0.1) is 12.2 Å². The van der Waals surface area contributed by atoms with E-state index in [1.165, 1.54) is 11.9 Å². The molecule has 1 aliphatic heterocycles. The highest BCUT2D eigenvalue weighted by Gasteiger charge is 2.31. The van der Waals surface area contributed by atoms with Crippen molar-refractivity contribution in [3.63, 3.8) is 0 Å². The molecule has 0 atom stereocenters. The van der Waals surface area contributed by atoms with Gasteiger partial charge in [0.1, 0.15) is 6.54 Å². The minimum atomic E-state index is -0.141. The first-order valence-corrected chi connectivity index (χ1v) is 7.78. The summed E-state index contributed by atoms with van der Waals surface area (Å²) in [6.45, 7) is 2.10. The van der Waals surface area contributed by atoms with Crippen molar-refractivity contribution in [2.75, 3.05) is 11.6 Å². The molecule has 2 aromatic rings. The number of halogens is 1. The van der Waals surface area contributed by atoms with Gasteiger partial charge < -0.3 is 0 Å². The van der Waals surface area contributed by atoms with Crippen molar-refractivity contribution < 1.29 is 9.59 Å². The second-order valence-corrected chi connectivity index (χ2v) is 6.12. The number of hydrogen-bond acceptors (Lipinski definition) is 3. The van der Waals surface area contributed by atoms with E-state index in [1.54, 1.807) is 0 Å². The van der Waals surface area contributed by atoms with Crippen LogP contribution in [0.3, 0.4) is 0 Å². The number of benzene rings is 2. The summed E-state index contributed by atoms with van der Waals surface area (Å²) in [5, 5.41) is 3.38. The molecule has 2 aromatic carbocycles. The third-order valence-electron chi connectivity index (χ3n) is 3.66. The number of anilines is 1. The highest BCUT2D eigenvalue weighted by molar-refractivity contribution is 9.10. The zero-order valence-electron chi connectivity index (χ0n) is 12.1. The fourth-order valence-corrected chi connectivity index (χ4v) is 2.96. The molecule has 112 valence electrons. The molecule has 0 aromatic heterocycles. The summed E-state index contributed by atoms with van der Waals surface area (Å²) < 4.78 is 0.857. The maximum absolute atomic E-state index is 12.3. The Morgan fingerprint density at radius 2 is 1.91 bits per heavy atom. The molecule has 0 spiro atoms. The summed E-state index contributed by atoms with van der Waals surface area (Å²) in [4.78, 5) is 24.3. The molecule has 0 N–H and O–H groups in total. The monoisotopic (exact) mass is 358 g/mol. The van der Waals surface area contributed by atoms with Crippen molar-refractivity contribution in [2.24, 2.45) is 0 Å². The number of amides is 1. The van der Waals surface area contributed by atoms with Crippen LogP contribution in [0.25, 0.3) is 0 Å². The lowest BCUT2D eigenvalue weighted by Gasteiger charge is -2.40. The van der Waals surface area contributed by atoms with Gasteiger partial charge in [0.15, 0.2) is 5.78 Å². The SMILES string of the molecule is CC(=O)N1CC(=O)c2cc(Br)ccc2N1Cc1ccccc1. The van der Waals surface area contributed by atoms with E-state index >= 15 is 0 Å². The molecule has 5 heteroatoms. The molecule has 0 saturated heterocycles. The first kappa shape index (κ1) is 14.8. The Kier molecular flexibility index (Phi) is 3.98. The summed E-state index contributed by atoms with van der Waals surface area (Å²) in [5.74, 6) is -0.186. The number of nitrogens with zero attached hydrogens (tertiary/aromatic N) is 2. The Morgan fingerprint density at radius 3 is 2.59 bits per heavy atom. The van der Waals surface area contributed by atoms with Gasteiger partial charge in [-0.1, -0.05) is 46.3 Å². The van der Waals surface area contributed by atoms with Crippen LogP contribution in [0.4, 0.5) is 5.69 Å². The van der Waals surface area contributed by atoms with Gasteiger partial charge in [-0.25, -0.2) is 5.01 Å². The molecule has 1 heterocycles. The maximum Gasteiger partial charge on any atom is 0.238 e. The molecule has 4 nitrogen and oxygen atoms in total. The fraction of sp³-hybridized carbons (Fsp3) is 0.176. The van der Waals surface area contributed by atoms with E-state index < -0.39 is 0 Å². The molecular formula is C17H15BrN2O2. The topological polar surface area (TPSA) is 40.6 Å². The Bertz CT molecular complexity index is 731. The molecule has 0 unspecified atom stereocenters. The largest absolute Gasteiger partial charge is 0.292 e. The van der Waals surface area contributed by atoms with Gasteiger partial charge in [-0.2, -0.15) is 0 Å². The van der Waals surface area contributed by atoms with Crippen LogP contribution >= 0.6 is 15.9 Å². The van der Waals surface area contributed by atoms with E-state index in [0.717, 1.165) is 15.7 Å². The number of ketones is 1. The lowest BCUT2D eigenvalue weighted by molar-refractivity contribution is -0.129. The number of Topliss-reactive ketones (excluding diaryl/α,β-unsaturated/α-hetero) is 1. The average Bonchev–Trinajstić information content (AvgIpc) is 2.51. The Morgan fingerprint density at radius 1 is 1.18 bits per heavy atom. The molecule has 1 aliphatic rings. The van der Waals surface area contributed by atoms with Crippen molar-refractivity contribution in [1.82, 2.24) is 5.01 Å². The summed E-state index contributed by atoms with van der Waals surface area (Å²) in [6.07, 6.45) is 0. The maximum atomic E-state index is 12.3. The van der Waals surface area contributed by atoms with Gasteiger partial charge in [0, 0.05) is 17.0 Å². The van der Waals surface area contributed by atoms with Gasteiger partial charge >= 0.3 is 0 Å². The lowest BCUT2D eigenvalue weighted by Crippen LogP contribution is -2.51. The first-order valence-electron chi connectivity index (χ1n) is 6.98. The predicted octanol–water partition coefficient (Wildman–Crippen LogP) is 3.42. The summed E-state index contributed by atoms with van der Waals surface area (Å²) in [6, 6.07) is 15.5. The van der Waals surface area contributed by atoms with Crippen LogP contribution in [0.5, 0.6) is 0 Å². The van der Waals surface area contributed by atoms with Crippen LogP contribution in [-0.2, 0) is 11.3 Å². The van der Waals surface area contributed by atoms with E-state index in [2.05, 4.69) is 15.9 Å². The third kappa shape index (κ3) is 2.76. The summed E-state index contributed by atoms with van der Waals surface area (Å²) in [5.41, 5.74) is 2.48. The molecule has 0 radical (unpaired) electrons. The number of carbonyl (C=O) groups excluding carboxylic acids is 2. The van der Waals surface area contributed by atoms with Crippen LogP contribution < -0.4 is 5.01 Å². The quantitative estimate of drug-likeness (QED) is 0.825. The standard InChI is InChI=1S/C17H15BrN2O2/c1-12(21)19-11-17(22)15-9-14(18)7-8-16(15)20(19)10-13-5-3-2-4-6-13/h2-9H,10-11H2,1H3. The first-order chi connectivity index (χ1) is 10.6. The lowest BCUT2D eigenvalue weighted by atomic mass is 10.0. The Balaban J connectivity index is 2.05. The van der Waals surface area contributed by atoms with E-state index in [0.29, 0.717) is 12.1 Å². The van der Waals surface area contributed by atoms with Crippen molar-refractivity contribution in [3.05, 3.63) is 64.1 Å². The van der Waals surface area contributed by atoms with Gasteiger partial charge in [-0.15, -0.1) is 0 Å². The Hall–Kier alpha value is -2.14. The van der Waals surface area contributed by atoms with Crippen LogP contribution in [-0.4, -0.2) is 23.2 Å². The highest BCUT2D eigenvalue weighted by Crippen LogP contribution is 2.31. The second-order valence-electron chi connectivity index (χ2n) is 5.20. The van der Waals surface area contributed by atoms with Crippen LogP contribution in [0, 0.1) is 0 Å². The normalized spacial score (nSPS) is 14.0.